The highest BCUT2D eigenvalue weighted by molar-refractivity contribution is 6.00. The third kappa shape index (κ3) is 7.59. The number of nitrogens with two attached hydrogens (primary N) is 1. The molecular formula is C19H18ClF6N5. The second kappa shape index (κ2) is 10.3. The number of hydrogen-bond acceptors (Lipinski definition) is 3. The van der Waals surface area contributed by atoms with Crippen LogP contribution in [0, 0.1) is 0 Å². The van der Waals surface area contributed by atoms with Gasteiger partial charge in [0.2, 0.25) is 5.96 Å². The van der Waals surface area contributed by atoms with Crippen molar-refractivity contribution < 1.29 is 26.3 Å². The highest BCUT2D eigenvalue weighted by Gasteiger charge is 2.30. The van der Waals surface area contributed by atoms with Crippen LogP contribution < -0.4 is 11.2 Å². The van der Waals surface area contributed by atoms with E-state index in [4.69, 9.17) is 5.73 Å². The first kappa shape index (κ1) is 26.0. The first-order chi connectivity index (χ1) is 13.9. The van der Waals surface area contributed by atoms with E-state index in [0.29, 0.717) is 22.6 Å². The lowest BCUT2D eigenvalue weighted by atomic mass is 10.1. The van der Waals surface area contributed by atoms with Crippen LogP contribution in [0.25, 0.3) is 0 Å². The normalized spacial score (nSPS) is 13.6. The summed E-state index contributed by atoms with van der Waals surface area (Å²) in [5, 5.41) is 11.4. The number of halogens is 7. The Kier molecular flexibility index (Phi) is 8.62. The van der Waals surface area contributed by atoms with Crippen LogP contribution in [0.5, 0.6) is 0 Å². The van der Waals surface area contributed by atoms with Crippen LogP contribution >= 0.6 is 12.4 Å². The lowest BCUT2D eigenvalue weighted by molar-refractivity contribution is -0.138. The summed E-state index contributed by atoms with van der Waals surface area (Å²) in [4.78, 5) is 0. The summed E-state index contributed by atoms with van der Waals surface area (Å²) < 4.78 is 75.5. The van der Waals surface area contributed by atoms with E-state index in [1.165, 1.54) is 31.2 Å². The van der Waals surface area contributed by atoms with Crippen molar-refractivity contribution in [2.24, 2.45) is 21.0 Å². The molecule has 0 saturated heterocycles. The molecule has 5 nitrogen and oxygen atoms in total. The van der Waals surface area contributed by atoms with Crippen LogP contribution in [0.2, 0.25) is 0 Å². The highest BCUT2D eigenvalue weighted by atomic mass is 35.5. The molecule has 0 aliphatic carbocycles. The summed E-state index contributed by atoms with van der Waals surface area (Å²) in [7, 11) is 0. The van der Waals surface area contributed by atoms with Gasteiger partial charge < -0.3 is 5.73 Å². The Morgan fingerprint density at radius 2 is 1.10 bits per heavy atom. The molecule has 0 bridgehead atoms. The minimum Gasteiger partial charge on any atom is -0.367 e. The zero-order chi connectivity index (χ0) is 22.5. The largest absolute Gasteiger partial charge is 0.416 e. The van der Waals surface area contributed by atoms with Crippen molar-refractivity contribution in [3.63, 3.8) is 0 Å². The van der Waals surface area contributed by atoms with Crippen molar-refractivity contribution >= 4 is 29.8 Å². The van der Waals surface area contributed by atoms with E-state index in [1.54, 1.807) is 6.92 Å². The first-order valence-corrected chi connectivity index (χ1v) is 8.41. The van der Waals surface area contributed by atoms with E-state index in [9.17, 15) is 26.3 Å². The van der Waals surface area contributed by atoms with Gasteiger partial charge in [-0.2, -0.15) is 36.5 Å². The van der Waals surface area contributed by atoms with Crippen molar-refractivity contribution in [2.45, 2.75) is 26.2 Å². The average Bonchev–Trinajstić information content (AvgIpc) is 2.69. The zero-order valence-corrected chi connectivity index (χ0v) is 17.0. The van der Waals surface area contributed by atoms with Crippen molar-refractivity contribution in [2.75, 3.05) is 0 Å². The summed E-state index contributed by atoms with van der Waals surface area (Å²) in [6.07, 6.45) is -8.86. The van der Waals surface area contributed by atoms with E-state index in [0.717, 1.165) is 24.3 Å². The van der Waals surface area contributed by atoms with Gasteiger partial charge in [-0.15, -0.1) is 17.5 Å². The molecule has 0 saturated carbocycles. The lowest BCUT2D eigenvalue weighted by Crippen LogP contribution is -2.27. The molecule has 0 spiro atoms. The maximum Gasteiger partial charge on any atom is 0.416 e. The number of hydrazone groups is 1. The van der Waals surface area contributed by atoms with Gasteiger partial charge in [0.1, 0.15) is 0 Å². The molecule has 2 rings (SSSR count). The Morgan fingerprint density at radius 3 is 1.48 bits per heavy atom. The number of alkyl halides is 6. The highest BCUT2D eigenvalue weighted by Crippen LogP contribution is 2.30. The van der Waals surface area contributed by atoms with Crippen LogP contribution in [-0.4, -0.2) is 17.4 Å². The van der Waals surface area contributed by atoms with Gasteiger partial charge in [-0.05, 0) is 49.2 Å². The predicted molar refractivity (Wildman–Crippen MR) is 109 cm³/mol. The standard InChI is InChI=1S/C19H17F6N5.ClH/c1-11(13-3-7-15(8-4-13)18(20,21)22)27-29-17(26)30-28-12(2)14-5-9-16(10-6-14)19(23,24)25;/h3-10H,1-2H3,(H3,26,29,30);1H. The number of hydrogen-bond donors (Lipinski definition) is 2. The quantitative estimate of drug-likeness (QED) is 0.282. The number of benzene rings is 2. The number of rotatable bonds is 4. The molecule has 0 unspecified atom stereocenters. The van der Waals surface area contributed by atoms with E-state index in [-0.39, 0.29) is 18.4 Å². The van der Waals surface area contributed by atoms with Crippen LogP contribution in [0.1, 0.15) is 36.1 Å². The molecule has 2 aromatic carbocycles. The van der Waals surface area contributed by atoms with Crippen molar-refractivity contribution in [3.05, 3.63) is 70.8 Å². The topological polar surface area (TPSA) is 75.1 Å². The molecule has 31 heavy (non-hydrogen) atoms. The van der Waals surface area contributed by atoms with Crippen molar-refractivity contribution in [1.82, 2.24) is 5.43 Å². The summed E-state index contributed by atoms with van der Waals surface area (Å²) >= 11 is 0. The fourth-order valence-electron chi connectivity index (χ4n) is 2.22. The summed E-state index contributed by atoms with van der Waals surface area (Å²) in [6, 6.07) is 8.77. The Balaban J connectivity index is 0.00000480. The Bertz CT molecular complexity index is 961. The smallest absolute Gasteiger partial charge is 0.367 e. The Labute approximate surface area is 180 Å². The van der Waals surface area contributed by atoms with Gasteiger partial charge in [0, 0.05) is 0 Å². The zero-order valence-electron chi connectivity index (χ0n) is 16.2. The molecule has 2 aromatic rings. The third-order valence-corrected chi connectivity index (χ3v) is 3.91. The third-order valence-electron chi connectivity index (χ3n) is 3.91. The molecule has 3 N–H and O–H groups in total. The fraction of sp³-hybridized carbons (Fsp3) is 0.211. The molecule has 0 heterocycles. The predicted octanol–water partition coefficient (Wildman–Crippen LogP) is 5.20. The first-order valence-electron chi connectivity index (χ1n) is 8.41. The molecule has 0 aliphatic heterocycles. The van der Waals surface area contributed by atoms with Crippen molar-refractivity contribution in [3.8, 4) is 0 Å². The van der Waals surface area contributed by atoms with Crippen molar-refractivity contribution in [1.29, 1.82) is 0 Å². The molecule has 0 amide bonds. The van der Waals surface area contributed by atoms with Crippen LogP contribution in [-0.2, 0) is 12.4 Å². The van der Waals surface area contributed by atoms with Crippen LogP contribution in [0.3, 0.4) is 0 Å². The molecule has 0 atom stereocenters. The second-order valence-corrected chi connectivity index (χ2v) is 6.13. The van der Waals surface area contributed by atoms with Crippen LogP contribution in [0.4, 0.5) is 26.3 Å². The van der Waals surface area contributed by atoms with Gasteiger partial charge in [0.05, 0.1) is 22.6 Å². The molecular weight excluding hydrogens is 448 g/mol. The molecule has 0 aliphatic rings. The molecule has 0 radical (unpaired) electrons. The maximum atomic E-state index is 12.6. The summed E-state index contributed by atoms with van der Waals surface area (Å²) in [6.45, 7) is 3.09. The molecule has 0 fully saturated rings. The monoisotopic (exact) mass is 465 g/mol. The average molecular weight is 466 g/mol. The van der Waals surface area contributed by atoms with Crippen LogP contribution in [0.15, 0.2) is 63.8 Å². The van der Waals surface area contributed by atoms with Gasteiger partial charge in [-0.1, -0.05) is 24.3 Å². The summed E-state index contributed by atoms with van der Waals surface area (Å²) in [5.41, 5.74) is 7.98. The Morgan fingerprint density at radius 1 is 0.710 bits per heavy atom. The second-order valence-electron chi connectivity index (χ2n) is 6.13. The number of nitrogens with zero attached hydrogens (tertiary/aromatic N) is 3. The van der Waals surface area contributed by atoms with E-state index < -0.39 is 23.5 Å². The maximum absolute atomic E-state index is 12.6. The molecule has 0 aromatic heterocycles. The lowest BCUT2D eigenvalue weighted by Gasteiger charge is -2.08. The molecule has 12 heteroatoms. The molecule has 168 valence electrons. The fourth-order valence-corrected chi connectivity index (χ4v) is 2.22. The number of guanidine groups is 1. The van der Waals surface area contributed by atoms with Gasteiger partial charge >= 0.3 is 12.4 Å². The van der Waals surface area contributed by atoms with E-state index in [1.807, 2.05) is 0 Å². The SMILES string of the molecule is CC(=NN=C(N)NN=C(C)c1ccc(C(F)(F)F)cc1)c1ccc(C(F)(F)F)cc1.Cl. The minimum atomic E-state index is -4.43. The van der Waals surface area contributed by atoms with Gasteiger partial charge in [0.15, 0.2) is 0 Å². The number of nitrogens with one attached hydrogen (secondary N) is 1. The Hall–Kier alpha value is -3.08. The van der Waals surface area contributed by atoms with Gasteiger partial charge in [0.25, 0.3) is 0 Å². The van der Waals surface area contributed by atoms with Gasteiger partial charge in [-0.25, -0.2) is 5.43 Å². The van der Waals surface area contributed by atoms with E-state index in [2.05, 4.69) is 20.7 Å². The van der Waals surface area contributed by atoms with E-state index >= 15 is 0 Å². The minimum absolute atomic E-state index is 0. The summed E-state index contributed by atoms with van der Waals surface area (Å²) in [5.74, 6) is -0.215. The van der Waals surface area contributed by atoms with Gasteiger partial charge in [-0.3, -0.25) is 0 Å².